The fraction of sp³-hybridized carbons (Fsp3) is 0.692. The Balaban J connectivity index is 0.000000791. The molecular weight excluding hydrogens is 172 g/mol. The summed E-state index contributed by atoms with van der Waals surface area (Å²) in [4.78, 5) is 0. The van der Waals surface area contributed by atoms with Gasteiger partial charge in [-0.2, -0.15) is 0 Å². The predicted molar refractivity (Wildman–Crippen MR) is 63.3 cm³/mol. The lowest BCUT2D eigenvalue weighted by Gasteiger charge is -2.29. The largest absolute Gasteiger partial charge is 0.388 e. The second-order valence-corrected chi connectivity index (χ2v) is 3.52. The molecule has 1 unspecified atom stereocenters. The van der Waals surface area contributed by atoms with Crippen molar-refractivity contribution in [1.29, 1.82) is 0 Å². The molecule has 1 aliphatic rings. The molecule has 0 aromatic carbocycles. The van der Waals surface area contributed by atoms with Crippen LogP contribution in [0.2, 0.25) is 0 Å². The number of hydrogen-bond acceptors (Lipinski definition) is 1. The smallest absolute Gasteiger partial charge is 0.0815 e. The summed E-state index contributed by atoms with van der Waals surface area (Å²) in [6.45, 7) is 10.2. The Bertz CT molecular complexity index is 213. The van der Waals surface area contributed by atoms with Crippen LogP contribution in [0.15, 0.2) is 23.3 Å². The van der Waals surface area contributed by atoms with Crippen LogP contribution in [0.3, 0.4) is 0 Å². The van der Waals surface area contributed by atoms with Gasteiger partial charge in [0.15, 0.2) is 0 Å². The van der Waals surface area contributed by atoms with Crippen LogP contribution in [0.1, 0.15) is 47.5 Å². The molecule has 0 amide bonds. The second kappa shape index (κ2) is 6.83. The Kier molecular flexibility index (Phi) is 6.56. The van der Waals surface area contributed by atoms with E-state index in [0.717, 1.165) is 18.4 Å². The predicted octanol–water partition coefficient (Wildman–Crippen LogP) is 3.70. The Labute approximate surface area is 88.5 Å². The lowest BCUT2D eigenvalue weighted by molar-refractivity contribution is 0.137. The minimum Gasteiger partial charge on any atom is -0.388 e. The lowest BCUT2D eigenvalue weighted by atomic mass is 9.80. The van der Waals surface area contributed by atoms with Crippen LogP contribution in [0.5, 0.6) is 0 Å². The molecule has 0 spiro atoms. The monoisotopic (exact) mass is 196 g/mol. The van der Waals surface area contributed by atoms with Gasteiger partial charge in [0.2, 0.25) is 0 Å². The van der Waals surface area contributed by atoms with Gasteiger partial charge in [0, 0.05) is 0 Å². The molecule has 1 aliphatic carbocycles. The number of rotatable bonds is 0. The summed E-state index contributed by atoms with van der Waals surface area (Å²) in [7, 11) is 0. The zero-order chi connectivity index (χ0) is 11.1. The van der Waals surface area contributed by atoms with Crippen molar-refractivity contribution in [2.45, 2.75) is 53.6 Å². The summed E-state index contributed by atoms with van der Waals surface area (Å²) < 4.78 is 0. The maximum Gasteiger partial charge on any atom is 0.0815 e. The Morgan fingerprint density at radius 3 is 2.21 bits per heavy atom. The molecule has 1 nitrogen and oxygen atoms in total. The first-order valence-electron chi connectivity index (χ1n) is 5.70. The highest BCUT2D eigenvalue weighted by atomic mass is 16.3. The van der Waals surface area contributed by atoms with Gasteiger partial charge in [0.05, 0.1) is 6.10 Å². The molecule has 0 bridgehead atoms. The van der Waals surface area contributed by atoms with Crippen LogP contribution in [0.4, 0.5) is 0 Å². The van der Waals surface area contributed by atoms with Gasteiger partial charge in [0.1, 0.15) is 0 Å². The average Bonchev–Trinajstić information content (AvgIpc) is 2.24. The molecule has 0 aromatic rings. The van der Waals surface area contributed by atoms with Gasteiger partial charge in [-0.3, -0.25) is 0 Å². The Morgan fingerprint density at radius 2 is 1.79 bits per heavy atom. The summed E-state index contributed by atoms with van der Waals surface area (Å²) in [5, 5.41) is 9.83. The van der Waals surface area contributed by atoms with Crippen molar-refractivity contribution in [3.05, 3.63) is 23.3 Å². The molecule has 1 rings (SSSR count). The van der Waals surface area contributed by atoms with E-state index in [1.54, 1.807) is 0 Å². The van der Waals surface area contributed by atoms with Gasteiger partial charge in [-0.25, -0.2) is 0 Å². The van der Waals surface area contributed by atoms with Crippen molar-refractivity contribution in [1.82, 2.24) is 0 Å². The van der Waals surface area contributed by atoms with Gasteiger partial charge >= 0.3 is 0 Å². The van der Waals surface area contributed by atoms with Crippen molar-refractivity contribution >= 4 is 0 Å². The molecule has 1 saturated carbocycles. The van der Waals surface area contributed by atoms with E-state index in [1.807, 2.05) is 33.8 Å². The molecule has 0 aromatic heterocycles. The molecule has 82 valence electrons. The highest BCUT2D eigenvalue weighted by Crippen LogP contribution is 2.32. The summed E-state index contributed by atoms with van der Waals surface area (Å²) >= 11 is 0. The van der Waals surface area contributed by atoms with E-state index in [0.29, 0.717) is 5.92 Å². The first kappa shape index (κ1) is 13.4. The summed E-state index contributed by atoms with van der Waals surface area (Å²) in [5.41, 5.74) is 2.46. The molecule has 14 heavy (non-hydrogen) atoms. The fourth-order valence-corrected chi connectivity index (χ4v) is 1.85. The van der Waals surface area contributed by atoms with E-state index in [-0.39, 0.29) is 6.10 Å². The maximum absolute atomic E-state index is 9.83. The zero-order valence-corrected chi connectivity index (χ0v) is 10.2. The topological polar surface area (TPSA) is 20.2 Å². The van der Waals surface area contributed by atoms with Crippen molar-refractivity contribution < 1.29 is 5.11 Å². The molecule has 0 aliphatic heterocycles. The highest BCUT2D eigenvalue weighted by molar-refractivity contribution is 5.35. The molecule has 0 radical (unpaired) electrons. The van der Waals surface area contributed by atoms with Gasteiger partial charge in [0.25, 0.3) is 0 Å². The van der Waals surface area contributed by atoms with E-state index in [9.17, 15) is 5.11 Å². The van der Waals surface area contributed by atoms with E-state index in [1.165, 1.54) is 5.57 Å². The molecule has 0 saturated heterocycles. The Morgan fingerprint density at radius 1 is 1.21 bits per heavy atom. The third-order valence-corrected chi connectivity index (χ3v) is 2.76. The van der Waals surface area contributed by atoms with Crippen LogP contribution in [-0.4, -0.2) is 11.2 Å². The standard InChI is InChI=1S/C11H18O.C2H6/c1-4-9-7-6-8(3)11(12)10(9)5-2;1-2/h4-5,8,11-12H,6-7H2,1-3H3;1-2H3/b9-4-,10-5+;/t8-,11?;/m0./s1. The van der Waals surface area contributed by atoms with E-state index in [2.05, 4.69) is 13.0 Å². The van der Waals surface area contributed by atoms with Gasteiger partial charge in [-0.05, 0) is 43.8 Å². The molecule has 1 fully saturated rings. The van der Waals surface area contributed by atoms with Gasteiger partial charge in [-0.1, -0.05) is 32.9 Å². The van der Waals surface area contributed by atoms with Crippen LogP contribution < -0.4 is 0 Å². The van der Waals surface area contributed by atoms with Crippen LogP contribution >= 0.6 is 0 Å². The molecular formula is C13H24O. The molecule has 0 heterocycles. The summed E-state index contributed by atoms with van der Waals surface area (Å²) in [6.07, 6.45) is 6.14. The number of hydrogen-bond donors (Lipinski definition) is 1. The third kappa shape index (κ3) is 2.98. The van der Waals surface area contributed by atoms with Crippen LogP contribution in [0, 0.1) is 5.92 Å². The minimum absolute atomic E-state index is 0.241. The normalized spacial score (nSPS) is 32.7. The molecule has 1 heteroatoms. The number of aliphatic hydroxyl groups is 1. The quantitative estimate of drug-likeness (QED) is 0.626. The SMILES string of the molecule is C/C=C1/CC[C@H](C)C(O)/C1=C/C.CC. The first-order valence-corrected chi connectivity index (χ1v) is 5.70. The molecule has 2 atom stereocenters. The Hall–Kier alpha value is -0.560. The molecule has 1 N–H and O–H groups in total. The summed E-state index contributed by atoms with van der Waals surface area (Å²) in [6, 6.07) is 0. The fourth-order valence-electron chi connectivity index (χ4n) is 1.85. The number of aliphatic hydroxyl groups excluding tert-OH is 1. The lowest BCUT2D eigenvalue weighted by Crippen LogP contribution is -2.25. The van der Waals surface area contributed by atoms with Crippen LogP contribution in [0.25, 0.3) is 0 Å². The van der Waals surface area contributed by atoms with E-state index in [4.69, 9.17) is 0 Å². The van der Waals surface area contributed by atoms with E-state index >= 15 is 0 Å². The minimum atomic E-state index is -0.241. The van der Waals surface area contributed by atoms with E-state index < -0.39 is 0 Å². The average molecular weight is 196 g/mol. The van der Waals surface area contributed by atoms with Gasteiger partial charge in [-0.15, -0.1) is 0 Å². The summed E-state index contributed by atoms with van der Waals surface area (Å²) in [5.74, 6) is 0.417. The van der Waals surface area contributed by atoms with Crippen LogP contribution in [-0.2, 0) is 0 Å². The maximum atomic E-state index is 9.83. The highest BCUT2D eigenvalue weighted by Gasteiger charge is 2.25. The van der Waals surface area contributed by atoms with Crippen molar-refractivity contribution in [2.75, 3.05) is 0 Å². The first-order chi connectivity index (χ1) is 6.70. The van der Waals surface area contributed by atoms with Crippen molar-refractivity contribution in [3.8, 4) is 0 Å². The third-order valence-electron chi connectivity index (χ3n) is 2.76. The second-order valence-electron chi connectivity index (χ2n) is 3.52. The van der Waals surface area contributed by atoms with Gasteiger partial charge < -0.3 is 5.11 Å². The number of allylic oxidation sites excluding steroid dienone is 2. The van der Waals surface area contributed by atoms with Crippen molar-refractivity contribution in [2.24, 2.45) is 5.92 Å². The zero-order valence-electron chi connectivity index (χ0n) is 10.2. The van der Waals surface area contributed by atoms with Crippen molar-refractivity contribution in [3.63, 3.8) is 0 Å².